The van der Waals surface area contributed by atoms with Crippen LogP contribution in [0.25, 0.3) is 0 Å². The molecule has 126 valence electrons. The van der Waals surface area contributed by atoms with Crippen molar-refractivity contribution in [1.82, 2.24) is 9.88 Å². The van der Waals surface area contributed by atoms with Gasteiger partial charge in [-0.3, -0.25) is 9.59 Å². The zero-order valence-corrected chi connectivity index (χ0v) is 13.5. The topological polar surface area (TPSA) is 82.6 Å². The van der Waals surface area contributed by atoms with E-state index in [1.165, 1.54) is 17.0 Å². The standard InChI is InChI=1S/C18H20N2O4/c1-13-5-2-3-7-15(13)24-12-18(23)9-10-20(11-18)17(22)14-6-4-8-16(21)19-14/h2-8,23H,9-12H2,1H3,(H,19,21)/t18-/m1/s1. The second-order valence-corrected chi connectivity index (χ2v) is 6.18. The number of aromatic nitrogens is 1. The van der Waals surface area contributed by atoms with Crippen molar-refractivity contribution in [2.24, 2.45) is 0 Å². The highest BCUT2D eigenvalue weighted by Gasteiger charge is 2.39. The SMILES string of the molecule is Cc1ccccc1OC[C@@]1(O)CCN(C(=O)c2cccc(=O)[nH]2)C1. The number of likely N-dealkylation sites (tertiary alicyclic amines) is 1. The van der Waals surface area contributed by atoms with E-state index in [0.29, 0.717) is 13.0 Å². The number of nitrogens with zero attached hydrogens (tertiary/aromatic N) is 1. The van der Waals surface area contributed by atoms with Crippen molar-refractivity contribution >= 4 is 5.91 Å². The summed E-state index contributed by atoms with van der Waals surface area (Å²) in [6.45, 7) is 2.65. The number of hydrogen-bond acceptors (Lipinski definition) is 4. The lowest BCUT2D eigenvalue weighted by atomic mass is 10.1. The molecule has 24 heavy (non-hydrogen) atoms. The molecule has 2 aromatic rings. The lowest BCUT2D eigenvalue weighted by Gasteiger charge is -2.24. The number of aryl methyl sites for hydroxylation is 1. The monoisotopic (exact) mass is 328 g/mol. The van der Waals surface area contributed by atoms with E-state index in [1.54, 1.807) is 6.07 Å². The molecule has 1 atom stereocenters. The first-order valence-corrected chi connectivity index (χ1v) is 7.86. The Balaban J connectivity index is 1.64. The largest absolute Gasteiger partial charge is 0.490 e. The second-order valence-electron chi connectivity index (χ2n) is 6.18. The molecule has 6 nitrogen and oxygen atoms in total. The number of nitrogens with one attached hydrogen (secondary N) is 1. The number of carbonyl (C=O) groups is 1. The maximum atomic E-state index is 12.4. The van der Waals surface area contributed by atoms with E-state index >= 15 is 0 Å². The van der Waals surface area contributed by atoms with Crippen LogP contribution in [-0.4, -0.2) is 46.2 Å². The van der Waals surface area contributed by atoms with Crippen molar-refractivity contribution < 1.29 is 14.6 Å². The third-order valence-electron chi connectivity index (χ3n) is 4.21. The molecule has 1 amide bonds. The van der Waals surface area contributed by atoms with Gasteiger partial charge in [0.1, 0.15) is 23.7 Å². The number of aliphatic hydroxyl groups is 1. The van der Waals surface area contributed by atoms with Crippen LogP contribution in [0, 0.1) is 6.92 Å². The molecule has 1 aliphatic rings. The lowest BCUT2D eigenvalue weighted by molar-refractivity contribution is 0.00407. The third-order valence-corrected chi connectivity index (χ3v) is 4.21. The normalized spacial score (nSPS) is 20.2. The first-order valence-electron chi connectivity index (χ1n) is 7.86. The van der Waals surface area contributed by atoms with Crippen LogP contribution in [0.4, 0.5) is 0 Å². The number of benzene rings is 1. The van der Waals surface area contributed by atoms with Gasteiger partial charge in [0.2, 0.25) is 5.56 Å². The third kappa shape index (κ3) is 3.49. The van der Waals surface area contributed by atoms with Gasteiger partial charge in [-0.15, -0.1) is 0 Å². The van der Waals surface area contributed by atoms with Gasteiger partial charge in [0.15, 0.2) is 0 Å². The predicted molar refractivity (Wildman–Crippen MR) is 89.2 cm³/mol. The summed E-state index contributed by atoms with van der Waals surface area (Å²) >= 11 is 0. The summed E-state index contributed by atoms with van der Waals surface area (Å²) in [6, 6.07) is 12.0. The zero-order chi connectivity index (χ0) is 17.2. The van der Waals surface area contributed by atoms with Crippen LogP contribution < -0.4 is 10.3 Å². The Bertz CT molecular complexity index is 801. The number of hydrogen-bond donors (Lipinski definition) is 2. The molecule has 1 aliphatic heterocycles. The zero-order valence-electron chi connectivity index (χ0n) is 13.5. The minimum atomic E-state index is -1.09. The highest BCUT2D eigenvalue weighted by atomic mass is 16.5. The molecule has 0 spiro atoms. The molecule has 6 heteroatoms. The molecule has 0 saturated carbocycles. The molecule has 2 heterocycles. The Morgan fingerprint density at radius 2 is 2.08 bits per heavy atom. The molecule has 2 N–H and O–H groups in total. The number of rotatable bonds is 4. The Morgan fingerprint density at radius 3 is 2.83 bits per heavy atom. The second kappa shape index (κ2) is 6.49. The van der Waals surface area contributed by atoms with Crippen molar-refractivity contribution in [2.75, 3.05) is 19.7 Å². The Labute approximate surface area is 139 Å². The fourth-order valence-corrected chi connectivity index (χ4v) is 2.82. The quantitative estimate of drug-likeness (QED) is 0.887. The number of ether oxygens (including phenoxy) is 1. The average molecular weight is 328 g/mol. The van der Waals surface area contributed by atoms with E-state index < -0.39 is 5.60 Å². The summed E-state index contributed by atoms with van der Waals surface area (Å²) in [5.41, 5.74) is -0.189. The van der Waals surface area contributed by atoms with Gasteiger partial charge >= 0.3 is 0 Å². The number of amides is 1. The van der Waals surface area contributed by atoms with Crippen LogP contribution in [-0.2, 0) is 0 Å². The van der Waals surface area contributed by atoms with Crippen molar-refractivity contribution in [2.45, 2.75) is 18.9 Å². The molecule has 0 aliphatic carbocycles. The van der Waals surface area contributed by atoms with Crippen LogP contribution >= 0.6 is 0 Å². The van der Waals surface area contributed by atoms with Crippen LogP contribution in [0.15, 0.2) is 47.3 Å². The Hall–Kier alpha value is -2.60. The van der Waals surface area contributed by atoms with Gasteiger partial charge in [-0.1, -0.05) is 24.3 Å². The first kappa shape index (κ1) is 16.3. The number of para-hydroxylation sites is 1. The molecule has 0 radical (unpaired) electrons. The fourth-order valence-electron chi connectivity index (χ4n) is 2.82. The van der Waals surface area contributed by atoms with Crippen LogP contribution in [0.1, 0.15) is 22.5 Å². The van der Waals surface area contributed by atoms with Crippen LogP contribution in [0.3, 0.4) is 0 Å². The molecule has 1 fully saturated rings. The molecular formula is C18H20N2O4. The molecule has 0 bridgehead atoms. The maximum Gasteiger partial charge on any atom is 0.270 e. The van der Waals surface area contributed by atoms with Gasteiger partial charge in [-0.25, -0.2) is 0 Å². The first-order chi connectivity index (χ1) is 11.5. The van der Waals surface area contributed by atoms with Gasteiger partial charge in [0.25, 0.3) is 5.91 Å². The Kier molecular flexibility index (Phi) is 4.40. The highest BCUT2D eigenvalue weighted by Crippen LogP contribution is 2.25. The average Bonchev–Trinajstić information content (AvgIpc) is 2.96. The molecule has 1 aromatic carbocycles. The van der Waals surface area contributed by atoms with Gasteiger partial charge in [0.05, 0.1) is 6.54 Å². The van der Waals surface area contributed by atoms with E-state index in [2.05, 4.69) is 4.98 Å². The number of β-amino-alcohol motifs (C(OH)–C–C–N with tert-alkyl or cyclic N) is 1. The summed E-state index contributed by atoms with van der Waals surface area (Å²) in [4.78, 5) is 27.8. The van der Waals surface area contributed by atoms with Crippen molar-refractivity contribution in [3.63, 3.8) is 0 Å². The smallest absolute Gasteiger partial charge is 0.270 e. The van der Waals surface area contributed by atoms with E-state index in [0.717, 1.165) is 11.3 Å². The summed E-state index contributed by atoms with van der Waals surface area (Å²) in [6.07, 6.45) is 0.432. The summed E-state index contributed by atoms with van der Waals surface area (Å²) in [7, 11) is 0. The minimum Gasteiger partial charge on any atom is -0.490 e. The van der Waals surface area contributed by atoms with E-state index in [4.69, 9.17) is 4.74 Å². The highest BCUT2D eigenvalue weighted by molar-refractivity contribution is 5.92. The fraction of sp³-hybridized carbons (Fsp3) is 0.333. The van der Waals surface area contributed by atoms with Crippen LogP contribution in [0.2, 0.25) is 0 Å². The molecule has 1 saturated heterocycles. The van der Waals surface area contributed by atoms with Gasteiger partial charge < -0.3 is 19.7 Å². The molecular weight excluding hydrogens is 308 g/mol. The molecule has 1 aromatic heterocycles. The lowest BCUT2D eigenvalue weighted by Crippen LogP contribution is -2.41. The minimum absolute atomic E-state index is 0.118. The number of carbonyl (C=O) groups excluding carboxylic acids is 1. The van der Waals surface area contributed by atoms with Crippen molar-refractivity contribution in [1.29, 1.82) is 0 Å². The summed E-state index contributed by atoms with van der Waals surface area (Å²) < 4.78 is 5.73. The van der Waals surface area contributed by atoms with Gasteiger partial charge in [-0.2, -0.15) is 0 Å². The number of pyridine rings is 1. The van der Waals surface area contributed by atoms with Gasteiger partial charge in [0, 0.05) is 12.6 Å². The van der Waals surface area contributed by atoms with Crippen molar-refractivity contribution in [3.8, 4) is 5.75 Å². The maximum absolute atomic E-state index is 12.4. The Morgan fingerprint density at radius 1 is 1.29 bits per heavy atom. The van der Waals surface area contributed by atoms with Crippen LogP contribution in [0.5, 0.6) is 5.75 Å². The summed E-state index contributed by atoms with van der Waals surface area (Å²) in [5.74, 6) is 0.433. The van der Waals surface area contributed by atoms with E-state index in [1.807, 2.05) is 31.2 Å². The summed E-state index contributed by atoms with van der Waals surface area (Å²) in [5, 5.41) is 10.7. The molecule has 3 rings (SSSR count). The van der Waals surface area contributed by atoms with E-state index in [-0.39, 0.29) is 30.3 Å². The van der Waals surface area contributed by atoms with Gasteiger partial charge in [-0.05, 0) is 31.0 Å². The predicted octanol–water partition coefficient (Wildman–Crippen LogP) is 1.34. The van der Waals surface area contributed by atoms with E-state index in [9.17, 15) is 14.7 Å². The van der Waals surface area contributed by atoms with Crippen molar-refractivity contribution in [3.05, 3.63) is 64.1 Å². The molecule has 0 unspecified atom stereocenters. The number of H-pyrrole nitrogens is 1. The number of aromatic amines is 1.